The highest BCUT2D eigenvalue weighted by Gasteiger charge is 2.13. The van der Waals surface area contributed by atoms with E-state index in [9.17, 15) is 4.79 Å². The molecular weight excluding hydrogens is 330 g/mol. The number of aryl methyl sites for hydroxylation is 2. The summed E-state index contributed by atoms with van der Waals surface area (Å²) in [6.45, 7) is 2.26. The minimum atomic E-state index is -0.0887. The molecular formula is C17H16ClN3O3. The average Bonchev–Trinajstić information content (AvgIpc) is 3.19. The third-order valence-corrected chi connectivity index (χ3v) is 3.74. The van der Waals surface area contributed by atoms with Gasteiger partial charge in [-0.1, -0.05) is 23.7 Å². The molecule has 0 fully saturated rings. The molecule has 0 saturated carbocycles. The van der Waals surface area contributed by atoms with Crippen molar-refractivity contribution in [3.8, 4) is 11.5 Å². The van der Waals surface area contributed by atoms with Crippen LogP contribution in [-0.4, -0.2) is 16.1 Å². The number of halogens is 1. The van der Waals surface area contributed by atoms with Crippen molar-refractivity contribution in [2.45, 2.75) is 26.3 Å². The number of aromatic nitrogens is 2. The Hall–Kier alpha value is -2.60. The number of hydrogen-bond acceptors (Lipinski definition) is 5. The van der Waals surface area contributed by atoms with Crippen LogP contribution in [-0.2, 0) is 17.8 Å². The molecule has 0 radical (unpaired) electrons. The number of furan rings is 1. The highest BCUT2D eigenvalue weighted by atomic mass is 35.5. The van der Waals surface area contributed by atoms with E-state index in [1.54, 1.807) is 18.4 Å². The van der Waals surface area contributed by atoms with E-state index in [4.69, 9.17) is 20.4 Å². The Morgan fingerprint density at radius 1 is 1.29 bits per heavy atom. The van der Waals surface area contributed by atoms with Gasteiger partial charge in [-0.2, -0.15) is 0 Å². The van der Waals surface area contributed by atoms with E-state index in [2.05, 4.69) is 15.5 Å². The van der Waals surface area contributed by atoms with Crippen LogP contribution < -0.4 is 5.32 Å². The van der Waals surface area contributed by atoms with E-state index in [-0.39, 0.29) is 12.3 Å². The van der Waals surface area contributed by atoms with Crippen LogP contribution in [0.15, 0.2) is 45.4 Å². The highest BCUT2D eigenvalue weighted by molar-refractivity contribution is 6.30. The predicted octanol–water partition coefficient (Wildman–Crippen LogP) is 3.54. The van der Waals surface area contributed by atoms with Crippen LogP contribution in [0, 0.1) is 6.92 Å². The number of rotatable bonds is 6. The van der Waals surface area contributed by atoms with E-state index >= 15 is 0 Å². The number of benzene rings is 1. The van der Waals surface area contributed by atoms with Crippen molar-refractivity contribution in [1.82, 2.24) is 15.5 Å². The largest absolute Gasteiger partial charge is 0.469 e. The van der Waals surface area contributed by atoms with E-state index < -0.39 is 0 Å². The molecule has 3 aromatic rings. The number of nitrogens with zero attached hydrogens (tertiary/aromatic N) is 2. The molecule has 1 aromatic carbocycles. The maximum Gasteiger partial charge on any atom is 0.251 e. The Morgan fingerprint density at radius 2 is 2.17 bits per heavy atom. The predicted molar refractivity (Wildman–Crippen MR) is 88.4 cm³/mol. The molecule has 1 amide bonds. The number of amides is 1. The van der Waals surface area contributed by atoms with Gasteiger partial charge < -0.3 is 14.2 Å². The van der Waals surface area contributed by atoms with Crippen LogP contribution in [0.2, 0.25) is 5.02 Å². The molecule has 0 spiro atoms. The summed E-state index contributed by atoms with van der Waals surface area (Å²) < 4.78 is 10.8. The lowest BCUT2D eigenvalue weighted by Gasteiger charge is -2.04. The van der Waals surface area contributed by atoms with E-state index in [1.165, 1.54) is 0 Å². The van der Waals surface area contributed by atoms with Crippen molar-refractivity contribution in [2.75, 3.05) is 0 Å². The molecule has 7 heteroatoms. The quantitative estimate of drug-likeness (QED) is 0.739. The summed E-state index contributed by atoms with van der Waals surface area (Å²) in [4.78, 5) is 11.9. The Morgan fingerprint density at radius 3 is 2.92 bits per heavy atom. The van der Waals surface area contributed by atoms with Crippen molar-refractivity contribution >= 4 is 17.5 Å². The molecule has 0 saturated heterocycles. The smallest absolute Gasteiger partial charge is 0.251 e. The summed E-state index contributed by atoms with van der Waals surface area (Å²) >= 11 is 5.91. The topological polar surface area (TPSA) is 81.2 Å². The first-order valence-corrected chi connectivity index (χ1v) is 7.87. The normalized spacial score (nSPS) is 10.8. The third kappa shape index (κ3) is 4.02. The van der Waals surface area contributed by atoms with Crippen molar-refractivity contribution < 1.29 is 13.6 Å². The van der Waals surface area contributed by atoms with Gasteiger partial charge in [0, 0.05) is 24.4 Å². The fourth-order valence-electron chi connectivity index (χ4n) is 2.23. The summed E-state index contributed by atoms with van der Waals surface area (Å²) in [5.41, 5.74) is 1.71. The lowest BCUT2D eigenvalue weighted by Crippen LogP contribution is -2.23. The molecule has 3 rings (SSSR count). The summed E-state index contributed by atoms with van der Waals surface area (Å²) in [7, 11) is 0. The number of hydrogen-bond donors (Lipinski definition) is 1. The van der Waals surface area contributed by atoms with Gasteiger partial charge in [-0.3, -0.25) is 4.79 Å². The zero-order valence-corrected chi connectivity index (χ0v) is 13.8. The van der Waals surface area contributed by atoms with Crippen LogP contribution in [0.3, 0.4) is 0 Å². The third-order valence-electron chi connectivity index (χ3n) is 3.50. The van der Waals surface area contributed by atoms with E-state index in [0.29, 0.717) is 35.5 Å². The second-order valence-corrected chi connectivity index (χ2v) is 5.73. The monoisotopic (exact) mass is 345 g/mol. The summed E-state index contributed by atoms with van der Waals surface area (Å²) in [5, 5.41) is 11.4. The molecule has 0 atom stereocenters. The number of nitrogens with one attached hydrogen (secondary N) is 1. The second-order valence-electron chi connectivity index (χ2n) is 5.30. The first-order valence-electron chi connectivity index (χ1n) is 7.50. The molecule has 2 aromatic heterocycles. The van der Waals surface area contributed by atoms with E-state index in [0.717, 1.165) is 11.1 Å². The van der Waals surface area contributed by atoms with Crippen LogP contribution in [0.1, 0.15) is 23.6 Å². The van der Waals surface area contributed by atoms with Gasteiger partial charge in [0.15, 0.2) is 0 Å². The Kier molecular flexibility index (Phi) is 4.96. The zero-order chi connectivity index (χ0) is 16.9. The van der Waals surface area contributed by atoms with Crippen LogP contribution in [0.5, 0.6) is 0 Å². The SMILES string of the molecule is Cc1occc1-c1nnc(CCC(=O)NCc2cccc(Cl)c2)o1. The maximum absolute atomic E-state index is 11.9. The fraction of sp³-hybridized carbons (Fsp3) is 0.235. The molecule has 0 aliphatic rings. The first-order chi connectivity index (χ1) is 11.6. The highest BCUT2D eigenvalue weighted by Crippen LogP contribution is 2.22. The van der Waals surface area contributed by atoms with Crippen LogP contribution >= 0.6 is 11.6 Å². The maximum atomic E-state index is 11.9. The minimum absolute atomic E-state index is 0.0887. The Balaban J connectivity index is 1.50. The molecule has 6 nitrogen and oxygen atoms in total. The molecule has 0 unspecified atom stereocenters. The summed E-state index contributed by atoms with van der Waals surface area (Å²) in [6, 6.07) is 9.14. The van der Waals surface area contributed by atoms with Gasteiger partial charge in [0.05, 0.1) is 11.8 Å². The zero-order valence-electron chi connectivity index (χ0n) is 13.1. The van der Waals surface area contributed by atoms with Crippen molar-refractivity contribution in [1.29, 1.82) is 0 Å². The van der Waals surface area contributed by atoms with Crippen molar-refractivity contribution in [3.63, 3.8) is 0 Å². The Labute approximate surface area is 143 Å². The molecule has 124 valence electrons. The van der Waals surface area contributed by atoms with Gasteiger partial charge in [0.1, 0.15) is 5.76 Å². The standard InChI is InChI=1S/C17H16ClN3O3/c1-11-14(7-8-23-11)17-21-20-16(24-17)6-5-15(22)19-10-12-3-2-4-13(18)9-12/h2-4,7-9H,5-6,10H2,1H3,(H,19,22). The molecule has 0 aliphatic carbocycles. The Bertz CT molecular complexity index is 841. The summed E-state index contributed by atoms with van der Waals surface area (Å²) in [6.07, 6.45) is 2.22. The lowest BCUT2D eigenvalue weighted by molar-refractivity contribution is -0.121. The molecule has 1 N–H and O–H groups in total. The van der Waals surface area contributed by atoms with Crippen LogP contribution in [0.25, 0.3) is 11.5 Å². The fourth-order valence-corrected chi connectivity index (χ4v) is 2.44. The summed E-state index contributed by atoms with van der Waals surface area (Å²) in [5.74, 6) is 1.44. The second kappa shape index (κ2) is 7.31. The van der Waals surface area contributed by atoms with Crippen molar-refractivity contribution in [2.24, 2.45) is 0 Å². The van der Waals surface area contributed by atoms with Gasteiger partial charge in [-0.25, -0.2) is 0 Å². The average molecular weight is 346 g/mol. The lowest BCUT2D eigenvalue weighted by atomic mass is 10.2. The molecule has 2 heterocycles. The van der Waals surface area contributed by atoms with Crippen molar-refractivity contribution in [3.05, 3.63) is 58.8 Å². The van der Waals surface area contributed by atoms with Gasteiger partial charge in [-0.05, 0) is 30.7 Å². The van der Waals surface area contributed by atoms with Crippen LogP contribution in [0.4, 0.5) is 0 Å². The minimum Gasteiger partial charge on any atom is -0.469 e. The molecule has 0 aliphatic heterocycles. The van der Waals surface area contributed by atoms with Gasteiger partial charge in [-0.15, -0.1) is 10.2 Å². The molecule has 0 bridgehead atoms. The van der Waals surface area contributed by atoms with Gasteiger partial charge in [0.2, 0.25) is 11.8 Å². The van der Waals surface area contributed by atoms with Gasteiger partial charge in [0.25, 0.3) is 5.89 Å². The molecule has 24 heavy (non-hydrogen) atoms. The number of carbonyl (C=O) groups is 1. The van der Waals surface area contributed by atoms with Gasteiger partial charge >= 0.3 is 0 Å². The van der Waals surface area contributed by atoms with E-state index in [1.807, 2.05) is 25.1 Å². The number of carbonyl (C=O) groups excluding carboxylic acids is 1. The first kappa shape index (κ1) is 16.3.